The van der Waals surface area contributed by atoms with Gasteiger partial charge in [0.2, 0.25) is 0 Å². The van der Waals surface area contributed by atoms with E-state index in [1.807, 2.05) is 0 Å². The zero-order valence-corrected chi connectivity index (χ0v) is 14.0. The molecule has 0 aromatic heterocycles. The molecule has 1 rings (SSSR count). The maximum Gasteiger partial charge on any atom is 1.00 e. The Morgan fingerprint density at radius 2 is 1.36 bits per heavy atom. The Morgan fingerprint density at radius 1 is 0.929 bits per heavy atom. The summed E-state index contributed by atoms with van der Waals surface area (Å²) in [6.07, 6.45) is -4.59. The second-order valence-corrected chi connectivity index (χ2v) is 1.98. The van der Waals surface area contributed by atoms with Gasteiger partial charge in [-0.2, -0.15) is 13.2 Å². The number of rotatable bonds is 0. The molecule has 1 aromatic carbocycles. The number of hydrogen-bond acceptors (Lipinski definition) is 0. The van der Waals surface area contributed by atoms with Crippen LogP contribution in [0.15, 0.2) is 24.3 Å². The van der Waals surface area contributed by atoms with Crippen LogP contribution in [0, 0.1) is 5.82 Å². The van der Waals surface area contributed by atoms with Gasteiger partial charge in [0.1, 0.15) is 5.82 Å². The van der Waals surface area contributed by atoms with Gasteiger partial charge in [-0.1, -0.05) is 12.1 Å². The molecule has 0 N–H and O–H groups in total. The quantitative estimate of drug-likeness (QED) is 0.345. The summed E-state index contributed by atoms with van der Waals surface area (Å²) in [5, 5.41) is 0. The molecule has 68 valence electrons. The van der Waals surface area contributed by atoms with E-state index in [1.165, 1.54) is 6.07 Å². The van der Waals surface area contributed by atoms with Crippen molar-refractivity contribution in [2.24, 2.45) is 0 Å². The van der Waals surface area contributed by atoms with Crippen LogP contribution in [0.3, 0.4) is 0 Å². The molecule has 0 aliphatic heterocycles. The third-order valence-corrected chi connectivity index (χ3v) is 1.18. The molecule has 0 saturated carbocycles. The monoisotopic (exact) mass is 258 g/mol. The zero-order valence-electron chi connectivity index (χ0n) is 7.73. The fourth-order valence-electron chi connectivity index (χ4n) is 0.691. The second kappa shape index (κ2) is 9.23. The minimum absolute atomic E-state index is 0. The molecule has 0 radical (unpaired) electrons. The van der Waals surface area contributed by atoms with Crippen molar-refractivity contribution in [3.63, 3.8) is 0 Å². The number of halogens is 4. The first-order chi connectivity index (χ1) is 5.02. The first-order valence-electron chi connectivity index (χ1n) is 2.83. The van der Waals surface area contributed by atoms with E-state index in [2.05, 4.69) is 0 Å². The van der Waals surface area contributed by atoms with Crippen molar-refractivity contribution < 1.29 is 126 Å². The SMILES string of the molecule is Fc1ccccc1C(F)(F)F.[K+].[K+].[O-2]. The molecule has 0 unspecified atom stereocenters. The van der Waals surface area contributed by atoms with Crippen molar-refractivity contribution in [2.75, 3.05) is 0 Å². The summed E-state index contributed by atoms with van der Waals surface area (Å²) >= 11 is 0. The van der Waals surface area contributed by atoms with Gasteiger partial charge >= 0.3 is 109 Å². The fraction of sp³-hybridized carbons (Fsp3) is 0.143. The van der Waals surface area contributed by atoms with Crippen molar-refractivity contribution in [3.05, 3.63) is 35.6 Å². The summed E-state index contributed by atoms with van der Waals surface area (Å²) < 4.78 is 47.8. The van der Waals surface area contributed by atoms with E-state index in [0.717, 1.165) is 12.1 Å². The molecule has 0 amide bonds. The molecular weight excluding hydrogens is 254 g/mol. The standard InChI is InChI=1S/C7H4F4.2K.O/c8-6-4-2-1-3-5(6)7(9,10)11;;;/h1-4H;;;/q;2*+1;-2. The smallest absolute Gasteiger partial charge is 1.00 e. The van der Waals surface area contributed by atoms with Crippen molar-refractivity contribution in [1.29, 1.82) is 0 Å². The van der Waals surface area contributed by atoms with Gasteiger partial charge < -0.3 is 5.48 Å². The Labute approximate surface area is 164 Å². The minimum Gasteiger partial charge on any atom is -2.00 e. The van der Waals surface area contributed by atoms with Crippen molar-refractivity contribution in [1.82, 2.24) is 0 Å². The molecule has 0 bridgehead atoms. The van der Waals surface area contributed by atoms with Gasteiger partial charge in [-0.25, -0.2) is 4.39 Å². The summed E-state index contributed by atoms with van der Waals surface area (Å²) in [4.78, 5) is 0. The first kappa shape index (κ1) is 21.5. The number of alkyl halides is 3. The Bertz CT molecular complexity index is 264. The Hall–Kier alpha value is 2.17. The number of benzene rings is 1. The third-order valence-electron chi connectivity index (χ3n) is 1.18. The molecule has 0 atom stereocenters. The zero-order chi connectivity index (χ0) is 8.48. The molecule has 0 saturated heterocycles. The predicted octanol–water partition coefficient (Wildman–Crippen LogP) is -3.27. The van der Waals surface area contributed by atoms with Gasteiger partial charge in [0.25, 0.3) is 0 Å². The van der Waals surface area contributed by atoms with Gasteiger partial charge in [0, 0.05) is 0 Å². The predicted molar refractivity (Wildman–Crippen MR) is 32.1 cm³/mol. The second-order valence-electron chi connectivity index (χ2n) is 1.98. The molecule has 0 aliphatic rings. The van der Waals surface area contributed by atoms with Crippen molar-refractivity contribution in [3.8, 4) is 0 Å². The van der Waals surface area contributed by atoms with Crippen LogP contribution < -0.4 is 103 Å². The molecular formula is C7H4F4K2O. The van der Waals surface area contributed by atoms with Crippen LogP contribution in [0.25, 0.3) is 0 Å². The van der Waals surface area contributed by atoms with E-state index in [0.29, 0.717) is 6.07 Å². The van der Waals surface area contributed by atoms with Gasteiger partial charge in [0.05, 0.1) is 5.56 Å². The van der Waals surface area contributed by atoms with Crippen molar-refractivity contribution in [2.45, 2.75) is 6.18 Å². The molecule has 0 fully saturated rings. The van der Waals surface area contributed by atoms with Crippen LogP contribution >= 0.6 is 0 Å². The van der Waals surface area contributed by atoms with Gasteiger partial charge in [0.15, 0.2) is 0 Å². The van der Waals surface area contributed by atoms with E-state index in [4.69, 9.17) is 0 Å². The van der Waals surface area contributed by atoms with Gasteiger partial charge in [-0.3, -0.25) is 0 Å². The summed E-state index contributed by atoms with van der Waals surface area (Å²) in [6.45, 7) is 0. The van der Waals surface area contributed by atoms with Crippen LogP contribution in [-0.2, 0) is 11.7 Å². The summed E-state index contributed by atoms with van der Waals surface area (Å²) in [5.74, 6) is -1.24. The maximum atomic E-state index is 12.4. The maximum absolute atomic E-state index is 12.4. The average molecular weight is 258 g/mol. The summed E-state index contributed by atoms with van der Waals surface area (Å²) in [5.41, 5.74) is -1.22. The normalized spacial score (nSPS) is 9.14. The molecule has 1 aromatic rings. The minimum atomic E-state index is -4.59. The topological polar surface area (TPSA) is 28.5 Å². The largest absolute Gasteiger partial charge is 2.00 e. The van der Waals surface area contributed by atoms with Crippen molar-refractivity contribution >= 4 is 0 Å². The van der Waals surface area contributed by atoms with Gasteiger partial charge in [-0.05, 0) is 12.1 Å². The van der Waals surface area contributed by atoms with Crippen LogP contribution in [0.5, 0.6) is 0 Å². The van der Waals surface area contributed by atoms with E-state index in [1.54, 1.807) is 0 Å². The molecule has 0 aliphatic carbocycles. The van der Waals surface area contributed by atoms with E-state index < -0.39 is 17.6 Å². The summed E-state index contributed by atoms with van der Waals surface area (Å²) in [7, 11) is 0. The molecule has 14 heavy (non-hydrogen) atoms. The Kier molecular flexibility index (Phi) is 14.1. The van der Waals surface area contributed by atoms with Gasteiger partial charge in [-0.15, -0.1) is 0 Å². The fourth-order valence-corrected chi connectivity index (χ4v) is 0.691. The average Bonchev–Trinajstić information content (AvgIpc) is 1.86. The number of hydrogen-bond donors (Lipinski definition) is 0. The Morgan fingerprint density at radius 3 is 1.64 bits per heavy atom. The van der Waals surface area contributed by atoms with Crippen LogP contribution in [0.2, 0.25) is 0 Å². The molecule has 7 heteroatoms. The molecule has 1 nitrogen and oxygen atoms in total. The van der Waals surface area contributed by atoms with E-state index in [9.17, 15) is 17.6 Å². The van der Waals surface area contributed by atoms with Crippen LogP contribution in [-0.4, -0.2) is 0 Å². The summed E-state index contributed by atoms with van der Waals surface area (Å²) in [6, 6.07) is 3.84. The molecule has 0 spiro atoms. The molecule has 0 heterocycles. The van der Waals surface area contributed by atoms with E-state index >= 15 is 0 Å². The van der Waals surface area contributed by atoms with Crippen LogP contribution in [0.4, 0.5) is 17.6 Å². The first-order valence-corrected chi connectivity index (χ1v) is 2.83. The van der Waals surface area contributed by atoms with E-state index in [-0.39, 0.29) is 108 Å². The van der Waals surface area contributed by atoms with Crippen LogP contribution in [0.1, 0.15) is 5.56 Å². The third kappa shape index (κ3) is 6.69. The Balaban J connectivity index is -0.000000403.